The van der Waals surface area contributed by atoms with E-state index in [1.165, 1.54) is 0 Å². The molecule has 0 aliphatic heterocycles. The molecule has 0 fully saturated rings. The first-order valence-corrected chi connectivity index (χ1v) is 8.13. The predicted molar refractivity (Wildman–Crippen MR) is 93.7 cm³/mol. The van der Waals surface area contributed by atoms with Crippen LogP contribution in [0.2, 0.25) is 10.0 Å². The summed E-state index contributed by atoms with van der Waals surface area (Å²) < 4.78 is 1.98. The van der Waals surface area contributed by atoms with Crippen LogP contribution in [0.1, 0.15) is 24.7 Å². The number of hydrogen-bond donors (Lipinski definition) is 0. The Bertz CT molecular complexity index is 697. The van der Waals surface area contributed by atoms with E-state index in [9.17, 15) is 4.79 Å². The van der Waals surface area contributed by atoms with Crippen LogP contribution in [0.15, 0.2) is 43.2 Å². The summed E-state index contributed by atoms with van der Waals surface area (Å²) in [6, 6.07) is 5.43. The summed E-state index contributed by atoms with van der Waals surface area (Å²) in [7, 11) is 0. The van der Waals surface area contributed by atoms with E-state index in [2.05, 4.69) is 11.6 Å². The first-order chi connectivity index (χ1) is 11.0. The topological polar surface area (TPSA) is 38.1 Å². The fraction of sp³-hybridized carbons (Fsp3) is 0.294. The number of nitrogens with zero attached hydrogens (tertiary/aromatic N) is 3. The van der Waals surface area contributed by atoms with Crippen molar-refractivity contribution in [2.45, 2.75) is 26.4 Å². The minimum absolute atomic E-state index is 0.0731. The lowest BCUT2D eigenvalue weighted by Gasteiger charge is -2.21. The zero-order valence-electron chi connectivity index (χ0n) is 13.0. The number of halogens is 2. The smallest absolute Gasteiger partial charge is 0.222 e. The molecule has 0 saturated heterocycles. The third kappa shape index (κ3) is 4.60. The highest BCUT2D eigenvalue weighted by atomic mass is 35.5. The van der Waals surface area contributed by atoms with E-state index in [4.69, 9.17) is 23.2 Å². The van der Waals surface area contributed by atoms with Crippen molar-refractivity contribution in [2.75, 3.05) is 6.54 Å². The number of aromatic nitrogens is 2. The van der Waals surface area contributed by atoms with Crippen LogP contribution in [0, 0.1) is 0 Å². The number of carbonyl (C=O) groups excluding carboxylic acids is 1. The van der Waals surface area contributed by atoms with Gasteiger partial charge in [0.05, 0.1) is 13.1 Å². The summed E-state index contributed by atoms with van der Waals surface area (Å²) in [6.07, 6.45) is 5.78. The SMILES string of the molecule is C=CCN(Cc1nccn1Cc1ccc(Cl)cc1Cl)C(=O)CC. The molecule has 2 aromatic rings. The van der Waals surface area contributed by atoms with Gasteiger partial charge in [0.1, 0.15) is 5.82 Å². The quantitative estimate of drug-likeness (QED) is 0.702. The highest BCUT2D eigenvalue weighted by Gasteiger charge is 2.14. The molecule has 122 valence electrons. The molecule has 23 heavy (non-hydrogen) atoms. The minimum Gasteiger partial charge on any atom is -0.332 e. The van der Waals surface area contributed by atoms with Gasteiger partial charge < -0.3 is 9.47 Å². The van der Waals surface area contributed by atoms with Crippen LogP contribution in [-0.2, 0) is 17.9 Å². The monoisotopic (exact) mass is 351 g/mol. The lowest BCUT2D eigenvalue weighted by atomic mass is 10.2. The third-order valence-electron chi connectivity index (χ3n) is 3.49. The van der Waals surface area contributed by atoms with Crippen molar-refractivity contribution in [1.82, 2.24) is 14.5 Å². The van der Waals surface area contributed by atoms with E-state index in [-0.39, 0.29) is 5.91 Å². The van der Waals surface area contributed by atoms with E-state index in [0.717, 1.165) is 11.4 Å². The van der Waals surface area contributed by atoms with Gasteiger partial charge in [0, 0.05) is 35.4 Å². The van der Waals surface area contributed by atoms with Crippen molar-refractivity contribution in [1.29, 1.82) is 0 Å². The molecule has 6 heteroatoms. The molecule has 2 rings (SSSR count). The highest BCUT2D eigenvalue weighted by molar-refractivity contribution is 6.35. The second-order valence-electron chi connectivity index (χ2n) is 5.12. The molecule has 0 atom stereocenters. The van der Waals surface area contributed by atoms with Crippen LogP contribution in [-0.4, -0.2) is 26.9 Å². The Hall–Kier alpha value is -1.78. The Morgan fingerprint density at radius 1 is 1.43 bits per heavy atom. The van der Waals surface area contributed by atoms with Crippen molar-refractivity contribution in [3.05, 3.63) is 64.7 Å². The zero-order valence-corrected chi connectivity index (χ0v) is 14.5. The first-order valence-electron chi connectivity index (χ1n) is 7.37. The maximum atomic E-state index is 12.0. The predicted octanol–water partition coefficient (Wildman–Crippen LogP) is 4.16. The van der Waals surface area contributed by atoms with Crippen LogP contribution in [0.3, 0.4) is 0 Å². The van der Waals surface area contributed by atoms with Gasteiger partial charge in [0.25, 0.3) is 0 Å². The van der Waals surface area contributed by atoms with Gasteiger partial charge in [-0.3, -0.25) is 4.79 Å². The molecule has 1 amide bonds. The van der Waals surface area contributed by atoms with Crippen LogP contribution >= 0.6 is 23.2 Å². The molecule has 0 aliphatic carbocycles. The molecular weight excluding hydrogens is 333 g/mol. The van der Waals surface area contributed by atoms with Crippen molar-refractivity contribution >= 4 is 29.1 Å². The van der Waals surface area contributed by atoms with E-state index in [1.54, 1.807) is 23.2 Å². The third-order valence-corrected chi connectivity index (χ3v) is 4.08. The molecular formula is C17H19Cl2N3O. The van der Waals surface area contributed by atoms with E-state index in [0.29, 0.717) is 36.1 Å². The Kier molecular flexibility index (Phi) is 6.25. The summed E-state index contributed by atoms with van der Waals surface area (Å²) in [5.41, 5.74) is 0.951. The Morgan fingerprint density at radius 2 is 2.22 bits per heavy atom. The number of carbonyl (C=O) groups is 1. The van der Waals surface area contributed by atoms with Gasteiger partial charge in [-0.25, -0.2) is 4.98 Å². The van der Waals surface area contributed by atoms with Gasteiger partial charge in [0.2, 0.25) is 5.91 Å². The maximum absolute atomic E-state index is 12.0. The van der Waals surface area contributed by atoms with Crippen LogP contribution in [0.4, 0.5) is 0 Å². The molecule has 0 radical (unpaired) electrons. The fourth-order valence-electron chi connectivity index (χ4n) is 2.27. The molecule has 0 N–H and O–H groups in total. The van der Waals surface area contributed by atoms with Gasteiger partial charge in [-0.05, 0) is 17.7 Å². The minimum atomic E-state index is 0.0731. The van der Waals surface area contributed by atoms with Crippen molar-refractivity contribution in [3.8, 4) is 0 Å². The molecule has 4 nitrogen and oxygen atoms in total. The second kappa shape index (κ2) is 8.18. The molecule has 1 aromatic carbocycles. The Balaban J connectivity index is 2.18. The van der Waals surface area contributed by atoms with Gasteiger partial charge in [-0.1, -0.05) is 42.3 Å². The van der Waals surface area contributed by atoms with Gasteiger partial charge in [0.15, 0.2) is 0 Å². The van der Waals surface area contributed by atoms with E-state index >= 15 is 0 Å². The zero-order chi connectivity index (χ0) is 16.8. The molecule has 0 spiro atoms. The summed E-state index contributed by atoms with van der Waals surface area (Å²) in [5, 5.41) is 1.22. The van der Waals surface area contributed by atoms with E-state index < -0.39 is 0 Å². The molecule has 0 aliphatic rings. The summed E-state index contributed by atoms with van der Waals surface area (Å²) in [6.45, 7) is 7.07. The Morgan fingerprint density at radius 3 is 2.87 bits per heavy atom. The fourth-order valence-corrected chi connectivity index (χ4v) is 2.74. The van der Waals surface area contributed by atoms with Crippen LogP contribution in [0.25, 0.3) is 0 Å². The average Bonchev–Trinajstić information content (AvgIpc) is 2.96. The van der Waals surface area contributed by atoms with Gasteiger partial charge >= 0.3 is 0 Å². The first kappa shape index (κ1) is 17.6. The largest absolute Gasteiger partial charge is 0.332 e. The van der Waals surface area contributed by atoms with Gasteiger partial charge in [-0.15, -0.1) is 6.58 Å². The molecule has 0 saturated carbocycles. The van der Waals surface area contributed by atoms with Gasteiger partial charge in [-0.2, -0.15) is 0 Å². The van der Waals surface area contributed by atoms with Crippen molar-refractivity contribution < 1.29 is 4.79 Å². The second-order valence-corrected chi connectivity index (χ2v) is 5.97. The lowest BCUT2D eigenvalue weighted by Crippen LogP contribution is -2.31. The molecule has 0 unspecified atom stereocenters. The number of benzene rings is 1. The van der Waals surface area contributed by atoms with E-state index in [1.807, 2.05) is 29.8 Å². The average molecular weight is 352 g/mol. The molecule has 1 aromatic heterocycles. The van der Waals surface area contributed by atoms with Crippen molar-refractivity contribution in [3.63, 3.8) is 0 Å². The normalized spacial score (nSPS) is 10.6. The lowest BCUT2D eigenvalue weighted by molar-refractivity contribution is -0.131. The number of imidazole rings is 1. The molecule has 0 bridgehead atoms. The Labute approximate surface area is 146 Å². The summed E-state index contributed by atoms with van der Waals surface area (Å²) in [5.74, 6) is 0.878. The number of hydrogen-bond acceptors (Lipinski definition) is 2. The number of rotatable bonds is 7. The summed E-state index contributed by atoms with van der Waals surface area (Å²) >= 11 is 12.2. The highest BCUT2D eigenvalue weighted by Crippen LogP contribution is 2.22. The maximum Gasteiger partial charge on any atom is 0.222 e. The van der Waals surface area contributed by atoms with Crippen LogP contribution < -0.4 is 0 Å². The number of amides is 1. The standard InChI is InChI=1S/C17H19Cl2N3O/c1-3-8-22(17(23)4-2)12-16-20-7-9-21(16)11-13-5-6-14(18)10-15(13)19/h3,5-7,9-10H,1,4,8,11-12H2,2H3. The summed E-state index contributed by atoms with van der Waals surface area (Å²) in [4.78, 5) is 18.1. The molecule has 1 heterocycles. The van der Waals surface area contributed by atoms with Crippen LogP contribution in [0.5, 0.6) is 0 Å². The van der Waals surface area contributed by atoms with Crippen molar-refractivity contribution in [2.24, 2.45) is 0 Å².